The van der Waals surface area contributed by atoms with E-state index in [-0.39, 0.29) is 0 Å². The molecule has 1 aromatic carbocycles. The molecule has 0 amide bonds. The second-order valence-electron chi connectivity index (χ2n) is 3.34. The SMILES string of the molecule is COc1ccc(C[C@H](N)[C@H](O)C=O)cc1. The van der Waals surface area contributed by atoms with Gasteiger partial charge in [0, 0.05) is 6.04 Å². The Kier molecular flexibility index (Phi) is 4.27. The highest BCUT2D eigenvalue weighted by molar-refractivity contribution is 5.57. The number of aldehydes is 1. The average molecular weight is 209 g/mol. The monoisotopic (exact) mass is 209 g/mol. The van der Waals surface area contributed by atoms with Crippen molar-refractivity contribution in [2.24, 2.45) is 5.73 Å². The average Bonchev–Trinajstić information content (AvgIpc) is 2.29. The zero-order valence-corrected chi connectivity index (χ0v) is 8.59. The molecule has 0 heterocycles. The molecule has 15 heavy (non-hydrogen) atoms. The topological polar surface area (TPSA) is 72.6 Å². The molecule has 0 saturated carbocycles. The third-order valence-corrected chi connectivity index (χ3v) is 2.21. The van der Waals surface area contributed by atoms with Crippen LogP contribution in [0.3, 0.4) is 0 Å². The molecule has 82 valence electrons. The van der Waals surface area contributed by atoms with Gasteiger partial charge in [-0.2, -0.15) is 0 Å². The molecule has 4 nitrogen and oxygen atoms in total. The van der Waals surface area contributed by atoms with Gasteiger partial charge in [-0.3, -0.25) is 0 Å². The van der Waals surface area contributed by atoms with Gasteiger partial charge in [0.05, 0.1) is 7.11 Å². The van der Waals surface area contributed by atoms with Crippen LogP contribution >= 0.6 is 0 Å². The van der Waals surface area contributed by atoms with Crippen LogP contribution in [0.5, 0.6) is 5.75 Å². The molecule has 0 fully saturated rings. The predicted octanol–water partition coefficient (Wildman–Crippen LogP) is 0.125. The number of benzene rings is 1. The maximum Gasteiger partial charge on any atom is 0.150 e. The molecule has 0 aliphatic heterocycles. The number of aliphatic hydroxyl groups is 1. The minimum absolute atomic E-state index is 0.453. The molecule has 3 N–H and O–H groups in total. The van der Waals surface area contributed by atoms with E-state index >= 15 is 0 Å². The van der Waals surface area contributed by atoms with Gasteiger partial charge in [0.1, 0.15) is 18.1 Å². The minimum atomic E-state index is -1.10. The molecule has 0 radical (unpaired) electrons. The first-order valence-electron chi connectivity index (χ1n) is 4.69. The van der Waals surface area contributed by atoms with Crippen LogP contribution in [0.2, 0.25) is 0 Å². The summed E-state index contributed by atoms with van der Waals surface area (Å²) in [6.07, 6.45) is -0.190. The van der Waals surface area contributed by atoms with Crippen molar-refractivity contribution in [3.05, 3.63) is 29.8 Å². The number of ether oxygens (including phenoxy) is 1. The van der Waals surface area contributed by atoms with E-state index in [4.69, 9.17) is 10.5 Å². The summed E-state index contributed by atoms with van der Waals surface area (Å²) in [6.45, 7) is 0. The maximum absolute atomic E-state index is 10.3. The van der Waals surface area contributed by atoms with Crippen molar-refractivity contribution >= 4 is 6.29 Å². The Morgan fingerprint density at radius 1 is 1.47 bits per heavy atom. The standard InChI is InChI=1S/C11H15NO3/c1-15-9-4-2-8(3-5-9)6-10(12)11(14)7-13/h2-5,7,10-11,14H,6,12H2,1H3/t10-,11+/m0/s1. The van der Waals surface area contributed by atoms with Gasteiger partial charge in [-0.1, -0.05) is 12.1 Å². The van der Waals surface area contributed by atoms with E-state index in [1.165, 1.54) is 0 Å². The van der Waals surface area contributed by atoms with Gasteiger partial charge in [-0.15, -0.1) is 0 Å². The smallest absolute Gasteiger partial charge is 0.150 e. The summed E-state index contributed by atoms with van der Waals surface area (Å²) >= 11 is 0. The third-order valence-electron chi connectivity index (χ3n) is 2.21. The van der Waals surface area contributed by atoms with E-state index in [2.05, 4.69) is 0 Å². The fourth-order valence-corrected chi connectivity index (χ4v) is 1.26. The zero-order valence-electron chi connectivity index (χ0n) is 8.59. The van der Waals surface area contributed by atoms with Crippen LogP contribution < -0.4 is 10.5 Å². The maximum atomic E-state index is 10.3. The van der Waals surface area contributed by atoms with E-state index in [0.29, 0.717) is 12.7 Å². The van der Waals surface area contributed by atoms with Gasteiger partial charge in [-0.25, -0.2) is 0 Å². The van der Waals surface area contributed by atoms with Crippen molar-refractivity contribution in [1.82, 2.24) is 0 Å². The first-order valence-corrected chi connectivity index (χ1v) is 4.69. The highest BCUT2D eigenvalue weighted by Gasteiger charge is 2.13. The summed E-state index contributed by atoms with van der Waals surface area (Å²) in [7, 11) is 1.59. The Bertz CT molecular complexity index is 310. The van der Waals surface area contributed by atoms with E-state index < -0.39 is 12.1 Å². The number of hydrogen-bond donors (Lipinski definition) is 2. The first-order chi connectivity index (χ1) is 7.17. The summed E-state index contributed by atoms with van der Waals surface area (Å²) in [5.41, 5.74) is 6.58. The van der Waals surface area contributed by atoms with E-state index in [0.717, 1.165) is 11.3 Å². The lowest BCUT2D eigenvalue weighted by Gasteiger charge is -2.13. The Morgan fingerprint density at radius 3 is 2.53 bits per heavy atom. The molecule has 0 spiro atoms. The Hall–Kier alpha value is -1.39. The van der Waals surface area contributed by atoms with Crippen LogP contribution in [0, 0.1) is 0 Å². The van der Waals surface area contributed by atoms with Crippen molar-refractivity contribution in [3.63, 3.8) is 0 Å². The zero-order chi connectivity index (χ0) is 11.3. The van der Waals surface area contributed by atoms with Gasteiger partial charge in [0.25, 0.3) is 0 Å². The van der Waals surface area contributed by atoms with Crippen molar-refractivity contribution in [3.8, 4) is 5.75 Å². The van der Waals surface area contributed by atoms with Crippen LogP contribution in [0.15, 0.2) is 24.3 Å². The van der Waals surface area contributed by atoms with Crippen molar-refractivity contribution < 1.29 is 14.6 Å². The number of hydrogen-bond acceptors (Lipinski definition) is 4. The molecule has 0 aliphatic rings. The van der Waals surface area contributed by atoms with Crippen LogP contribution in [-0.2, 0) is 11.2 Å². The summed E-state index contributed by atoms with van der Waals surface area (Å²) in [4.78, 5) is 10.3. The quantitative estimate of drug-likeness (QED) is 0.676. The molecule has 0 bridgehead atoms. The number of nitrogens with two attached hydrogens (primary N) is 1. The molecule has 0 unspecified atom stereocenters. The van der Waals surface area contributed by atoms with Gasteiger partial charge in [0.2, 0.25) is 0 Å². The van der Waals surface area contributed by atoms with Gasteiger partial charge < -0.3 is 20.4 Å². The summed E-state index contributed by atoms with van der Waals surface area (Å²) < 4.78 is 5.01. The number of carbonyl (C=O) groups excluding carboxylic acids is 1. The number of rotatable bonds is 5. The molecule has 4 heteroatoms. The second kappa shape index (κ2) is 5.48. The highest BCUT2D eigenvalue weighted by Crippen LogP contribution is 2.12. The molecular formula is C11H15NO3. The van der Waals surface area contributed by atoms with Crippen molar-refractivity contribution in [2.45, 2.75) is 18.6 Å². The van der Waals surface area contributed by atoms with E-state index in [1.54, 1.807) is 7.11 Å². The summed E-state index contributed by atoms with van der Waals surface area (Å²) in [5.74, 6) is 0.767. The molecule has 2 atom stereocenters. The van der Waals surface area contributed by atoms with Gasteiger partial charge >= 0.3 is 0 Å². The summed E-state index contributed by atoms with van der Waals surface area (Å²) in [6, 6.07) is 6.79. The lowest BCUT2D eigenvalue weighted by molar-refractivity contribution is -0.115. The molecule has 0 aliphatic carbocycles. The van der Waals surface area contributed by atoms with Gasteiger partial charge in [0.15, 0.2) is 0 Å². The largest absolute Gasteiger partial charge is 0.497 e. The number of methoxy groups -OCH3 is 1. The fraction of sp³-hybridized carbons (Fsp3) is 0.364. The number of carbonyl (C=O) groups is 1. The van der Waals surface area contributed by atoms with Crippen LogP contribution in [0.4, 0.5) is 0 Å². The van der Waals surface area contributed by atoms with E-state index in [1.807, 2.05) is 24.3 Å². The molecular weight excluding hydrogens is 194 g/mol. The minimum Gasteiger partial charge on any atom is -0.497 e. The Morgan fingerprint density at radius 2 is 2.07 bits per heavy atom. The number of aliphatic hydroxyl groups excluding tert-OH is 1. The third kappa shape index (κ3) is 3.34. The van der Waals surface area contributed by atoms with Crippen LogP contribution in [0.25, 0.3) is 0 Å². The molecule has 0 saturated heterocycles. The van der Waals surface area contributed by atoms with Crippen LogP contribution in [0.1, 0.15) is 5.56 Å². The lowest BCUT2D eigenvalue weighted by atomic mass is 10.0. The fourth-order valence-electron chi connectivity index (χ4n) is 1.26. The molecule has 1 aromatic rings. The second-order valence-corrected chi connectivity index (χ2v) is 3.34. The first kappa shape index (κ1) is 11.7. The Labute approximate surface area is 88.7 Å². The lowest BCUT2D eigenvalue weighted by Crippen LogP contribution is -2.37. The normalized spacial score (nSPS) is 14.3. The van der Waals surface area contributed by atoms with Crippen molar-refractivity contribution in [1.29, 1.82) is 0 Å². The van der Waals surface area contributed by atoms with E-state index in [9.17, 15) is 9.90 Å². The molecule has 0 aromatic heterocycles. The van der Waals surface area contributed by atoms with Gasteiger partial charge in [-0.05, 0) is 24.1 Å². The Balaban J connectivity index is 2.60. The predicted molar refractivity (Wildman–Crippen MR) is 56.7 cm³/mol. The molecule has 1 rings (SSSR count). The van der Waals surface area contributed by atoms with Crippen molar-refractivity contribution in [2.75, 3.05) is 7.11 Å². The highest BCUT2D eigenvalue weighted by atomic mass is 16.5. The van der Waals surface area contributed by atoms with Crippen LogP contribution in [-0.4, -0.2) is 30.6 Å². The summed E-state index contributed by atoms with van der Waals surface area (Å²) in [5, 5.41) is 9.17.